The lowest BCUT2D eigenvalue weighted by atomic mass is 9.94. The van der Waals surface area contributed by atoms with Crippen molar-refractivity contribution < 1.29 is 4.74 Å². The Morgan fingerprint density at radius 2 is 1.78 bits per heavy atom. The molecule has 3 aromatic rings. The maximum Gasteiger partial charge on any atom is 0.120 e. The van der Waals surface area contributed by atoms with Crippen LogP contribution in [0.25, 0.3) is 10.9 Å². The van der Waals surface area contributed by atoms with Gasteiger partial charge in [-0.1, -0.05) is 23.2 Å². The van der Waals surface area contributed by atoms with E-state index in [4.69, 9.17) is 27.9 Å². The van der Waals surface area contributed by atoms with Crippen molar-refractivity contribution in [2.45, 2.75) is 30.3 Å². The molecule has 4 nitrogen and oxygen atoms in total. The molecule has 4 rings (SSSR count). The van der Waals surface area contributed by atoms with Gasteiger partial charge >= 0.3 is 0 Å². The molecular weight excluding hydrogens is 401 g/mol. The number of H-pyrrole nitrogens is 1. The largest absolute Gasteiger partial charge is 0.487 e. The van der Waals surface area contributed by atoms with Gasteiger partial charge in [0.05, 0.1) is 21.2 Å². The predicted molar refractivity (Wildman–Crippen MR) is 115 cm³/mol. The number of benzene rings is 2. The molecule has 27 heavy (non-hydrogen) atoms. The average Bonchev–Trinajstić information content (AvgIpc) is 3.06. The summed E-state index contributed by atoms with van der Waals surface area (Å²) >= 11 is 14.0. The van der Waals surface area contributed by atoms with Gasteiger partial charge in [-0.05, 0) is 81.2 Å². The van der Waals surface area contributed by atoms with Crippen molar-refractivity contribution in [1.82, 2.24) is 10.3 Å². The van der Waals surface area contributed by atoms with Crippen molar-refractivity contribution in [3.63, 3.8) is 0 Å². The number of hydrogen-bond donors (Lipinski definition) is 3. The fourth-order valence-electron chi connectivity index (χ4n) is 3.29. The summed E-state index contributed by atoms with van der Waals surface area (Å²) < 4.78 is 9.60. The molecule has 0 radical (unpaired) electrons. The zero-order valence-electron chi connectivity index (χ0n) is 14.9. The Balaban J connectivity index is 1.43. The number of nitrogens with one attached hydrogen (secondary N) is 3. The van der Waals surface area contributed by atoms with Crippen LogP contribution >= 0.6 is 35.1 Å². The monoisotopic (exact) mass is 421 g/mol. The summed E-state index contributed by atoms with van der Waals surface area (Å²) in [6.45, 7) is 4.20. The molecule has 3 N–H and O–H groups in total. The summed E-state index contributed by atoms with van der Waals surface area (Å²) in [5, 5.41) is 5.47. The van der Waals surface area contributed by atoms with E-state index in [-0.39, 0.29) is 5.60 Å². The molecule has 0 saturated carbocycles. The van der Waals surface area contributed by atoms with E-state index in [1.807, 2.05) is 24.3 Å². The first-order valence-corrected chi connectivity index (χ1v) is 10.5. The van der Waals surface area contributed by atoms with Crippen molar-refractivity contribution in [3.05, 3.63) is 52.6 Å². The summed E-state index contributed by atoms with van der Waals surface area (Å²) in [5.41, 5.74) is 1.76. The highest BCUT2D eigenvalue weighted by atomic mass is 35.5. The Morgan fingerprint density at radius 3 is 2.52 bits per heavy atom. The van der Waals surface area contributed by atoms with Crippen LogP contribution < -0.4 is 14.8 Å². The van der Waals surface area contributed by atoms with Crippen molar-refractivity contribution in [2.75, 3.05) is 17.8 Å². The van der Waals surface area contributed by atoms with E-state index in [2.05, 4.69) is 34.1 Å². The van der Waals surface area contributed by atoms with Crippen LogP contribution in [0.1, 0.15) is 19.8 Å². The highest BCUT2D eigenvalue weighted by molar-refractivity contribution is 8.00. The Kier molecular flexibility index (Phi) is 5.46. The highest BCUT2D eigenvalue weighted by Gasteiger charge is 2.28. The lowest BCUT2D eigenvalue weighted by Crippen LogP contribution is -2.43. The third-order valence-corrected chi connectivity index (χ3v) is 6.31. The molecule has 1 aliphatic rings. The molecule has 2 heterocycles. The van der Waals surface area contributed by atoms with Gasteiger partial charge in [0.2, 0.25) is 0 Å². The summed E-state index contributed by atoms with van der Waals surface area (Å²) in [5.74, 6) is 0.911. The number of ether oxygens (including phenoxy) is 1. The number of rotatable bonds is 5. The molecule has 142 valence electrons. The zero-order chi connectivity index (χ0) is 18.9. The minimum Gasteiger partial charge on any atom is -0.487 e. The molecule has 0 unspecified atom stereocenters. The van der Waals surface area contributed by atoms with Crippen molar-refractivity contribution in [2.24, 2.45) is 0 Å². The van der Waals surface area contributed by atoms with Gasteiger partial charge in [0.15, 0.2) is 0 Å². The third-order valence-electron chi connectivity index (χ3n) is 4.86. The smallest absolute Gasteiger partial charge is 0.120 e. The first-order valence-electron chi connectivity index (χ1n) is 8.92. The third kappa shape index (κ3) is 4.16. The van der Waals surface area contributed by atoms with Crippen LogP contribution in [-0.2, 0) is 0 Å². The minimum absolute atomic E-state index is 0.0834. The number of piperidine rings is 1. The second kappa shape index (κ2) is 7.84. The lowest BCUT2D eigenvalue weighted by molar-refractivity contribution is 0.0555. The van der Waals surface area contributed by atoms with Crippen LogP contribution in [0, 0.1) is 0 Å². The highest BCUT2D eigenvalue weighted by Crippen LogP contribution is 2.36. The van der Waals surface area contributed by atoms with E-state index in [9.17, 15) is 0 Å². The molecule has 2 aromatic carbocycles. The molecule has 0 spiro atoms. The lowest BCUT2D eigenvalue weighted by Gasteiger charge is -2.34. The number of fused-ring (bicyclic) bond motifs is 1. The van der Waals surface area contributed by atoms with Gasteiger partial charge in [-0.2, -0.15) is 0 Å². The number of aromatic amines is 1. The topological polar surface area (TPSA) is 49.1 Å². The summed E-state index contributed by atoms with van der Waals surface area (Å²) in [7, 11) is 0. The zero-order valence-corrected chi connectivity index (χ0v) is 17.3. The number of hydrogen-bond acceptors (Lipinski definition) is 4. The van der Waals surface area contributed by atoms with Crippen LogP contribution in [0.3, 0.4) is 0 Å². The van der Waals surface area contributed by atoms with Crippen LogP contribution in [0.2, 0.25) is 10.0 Å². The summed E-state index contributed by atoms with van der Waals surface area (Å²) in [4.78, 5) is 4.27. The molecule has 1 saturated heterocycles. The molecule has 0 aliphatic carbocycles. The maximum absolute atomic E-state index is 6.24. The van der Waals surface area contributed by atoms with Crippen LogP contribution in [0.15, 0.2) is 47.5 Å². The van der Waals surface area contributed by atoms with E-state index in [0.29, 0.717) is 10.0 Å². The number of anilines is 1. The van der Waals surface area contributed by atoms with Gasteiger partial charge in [0.25, 0.3) is 0 Å². The van der Waals surface area contributed by atoms with Crippen LogP contribution in [-0.4, -0.2) is 23.7 Å². The predicted octanol–water partition coefficient (Wildman–Crippen LogP) is 6.11. The van der Waals surface area contributed by atoms with E-state index in [0.717, 1.165) is 53.2 Å². The summed E-state index contributed by atoms with van der Waals surface area (Å²) in [6.07, 6.45) is 3.80. The SMILES string of the molecule is CC1(Oc2ccc(SNc3ccc(Cl)c4c(Cl)c[nH]c34)cc2)CCNCC1. The second-order valence-corrected chi connectivity index (χ2v) is 8.65. The second-order valence-electron chi connectivity index (χ2n) is 6.96. The molecule has 0 amide bonds. The molecular formula is C20H21Cl2N3OS. The normalized spacial score (nSPS) is 16.4. The molecule has 7 heteroatoms. The van der Waals surface area contributed by atoms with Crippen LogP contribution in [0.4, 0.5) is 5.69 Å². The van der Waals surface area contributed by atoms with Gasteiger partial charge in [-0.3, -0.25) is 0 Å². The fourth-order valence-corrected chi connectivity index (χ4v) is 4.51. The minimum atomic E-state index is -0.0834. The van der Waals surface area contributed by atoms with Gasteiger partial charge in [0.1, 0.15) is 11.4 Å². The Hall–Kier alpha value is -1.53. The van der Waals surface area contributed by atoms with Crippen molar-refractivity contribution in [3.8, 4) is 5.75 Å². The fraction of sp³-hybridized carbons (Fsp3) is 0.300. The average molecular weight is 422 g/mol. The molecule has 0 bridgehead atoms. The molecule has 1 aliphatic heterocycles. The Bertz CT molecular complexity index is 936. The van der Waals surface area contributed by atoms with Gasteiger partial charge in [-0.25, -0.2) is 0 Å². The van der Waals surface area contributed by atoms with Gasteiger partial charge < -0.3 is 19.8 Å². The van der Waals surface area contributed by atoms with Gasteiger partial charge in [0, 0.05) is 16.5 Å². The van der Waals surface area contributed by atoms with Gasteiger partial charge in [-0.15, -0.1) is 0 Å². The molecule has 1 aromatic heterocycles. The first kappa shape index (κ1) is 18.8. The van der Waals surface area contributed by atoms with E-state index >= 15 is 0 Å². The first-order chi connectivity index (χ1) is 13.0. The van der Waals surface area contributed by atoms with E-state index in [1.165, 1.54) is 11.9 Å². The summed E-state index contributed by atoms with van der Waals surface area (Å²) in [6, 6.07) is 12.0. The quantitative estimate of drug-likeness (QED) is 0.434. The van der Waals surface area contributed by atoms with E-state index in [1.54, 1.807) is 6.20 Å². The Morgan fingerprint density at radius 1 is 1.04 bits per heavy atom. The number of halogens is 2. The van der Waals surface area contributed by atoms with Crippen molar-refractivity contribution in [1.29, 1.82) is 0 Å². The van der Waals surface area contributed by atoms with E-state index < -0.39 is 0 Å². The molecule has 0 atom stereocenters. The standard InChI is InChI=1S/C20H21Cl2N3OS/c1-20(8-10-23-11-9-20)26-13-2-4-14(5-3-13)27-25-17-7-6-15(21)18-16(22)12-24-19(17)18/h2-7,12,23-25H,8-11H2,1H3. The molecule has 1 fully saturated rings. The number of aromatic nitrogens is 1. The van der Waals surface area contributed by atoms with Crippen LogP contribution in [0.5, 0.6) is 5.75 Å². The Labute approximate surface area is 173 Å². The van der Waals surface area contributed by atoms with Crippen molar-refractivity contribution >= 4 is 51.7 Å². The maximum atomic E-state index is 6.24.